The van der Waals surface area contributed by atoms with Crippen LogP contribution < -0.4 is 5.32 Å². The molecule has 78 valence electrons. The van der Waals surface area contributed by atoms with E-state index in [2.05, 4.69) is 37.9 Å². The summed E-state index contributed by atoms with van der Waals surface area (Å²) in [7, 11) is 0. The van der Waals surface area contributed by atoms with Gasteiger partial charge in [0.2, 0.25) is 5.95 Å². The van der Waals surface area contributed by atoms with Crippen molar-refractivity contribution in [3.05, 3.63) is 39.5 Å². The third-order valence-electron chi connectivity index (χ3n) is 1.89. The van der Waals surface area contributed by atoms with E-state index in [0.29, 0.717) is 5.95 Å². The van der Waals surface area contributed by atoms with Crippen LogP contribution >= 0.6 is 22.6 Å². The molecule has 0 unspecified atom stereocenters. The highest BCUT2D eigenvalue weighted by Crippen LogP contribution is 2.21. The number of anilines is 2. The molecule has 0 radical (unpaired) electrons. The zero-order valence-corrected chi connectivity index (χ0v) is 10.2. The second-order valence-electron chi connectivity index (χ2n) is 3.16. The number of aromatic amines is 1. The monoisotopic (exact) mass is 317 g/mol. The second-order valence-corrected chi connectivity index (χ2v) is 4.33. The molecule has 2 rings (SSSR count). The first-order valence-corrected chi connectivity index (χ1v) is 5.47. The number of halogens is 2. The van der Waals surface area contributed by atoms with Gasteiger partial charge in [-0.15, -0.1) is 0 Å². The molecule has 0 saturated carbocycles. The minimum Gasteiger partial charge on any atom is -0.328 e. The van der Waals surface area contributed by atoms with Crippen molar-refractivity contribution in [2.45, 2.75) is 6.92 Å². The molecule has 0 atom stereocenters. The standard InChI is InChI=1S/C10H9FIN3/c1-6-5-13-10(14-6)15-9-3-2-7(11)4-8(9)12/h2-5H,1H3,(H2,13,14,15). The molecule has 5 heteroatoms. The Morgan fingerprint density at radius 3 is 2.87 bits per heavy atom. The lowest BCUT2D eigenvalue weighted by atomic mass is 10.3. The summed E-state index contributed by atoms with van der Waals surface area (Å²) in [5.41, 5.74) is 1.82. The fraction of sp³-hybridized carbons (Fsp3) is 0.100. The summed E-state index contributed by atoms with van der Waals surface area (Å²) in [6.45, 7) is 1.92. The molecule has 15 heavy (non-hydrogen) atoms. The van der Waals surface area contributed by atoms with Crippen LogP contribution in [0.5, 0.6) is 0 Å². The van der Waals surface area contributed by atoms with Gasteiger partial charge in [-0.25, -0.2) is 9.37 Å². The lowest BCUT2D eigenvalue weighted by Gasteiger charge is -2.05. The van der Waals surface area contributed by atoms with Crippen LogP contribution in [0.4, 0.5) is 16.0 Å². The Bertz CT molecular complexity index is 481. The molecule has 3 nitrogen and oxygen atoms in total. The summed E-state index contributed by atoms with van der Waals surface area (Å²) in [5.74, 6) is 0.428. The highest BCUT2D eigenvalue weighted by molar-refractivity contribution is 14.1. The maximum Gasteiger partial charge on any atom is 0.204 e. The molecule has 2 aromatic rings. The molecule has 1 aromatic heterocycles. The van der Waals surface area contributed by atoms with Crippen molar-refractivity contribution in [2.75, 3.05) is 5.32 Å². The van der Waals surface area contributed by atoms with E-state index in [1.54, 1.807) is 12.3 Å². The van der Waals surface area contributed by atoms with Gasteiger partial charge in [0.05, 0.1) is 5.69 Å². The summed E-state index contributed by atoms with van der Waals surface area (Å²) in [4.78, 5) is 7.16. The minimum absolute atomic E-state index is 0.236. The summed E-state index contributed by atoms with van der Waals surface area (Å²) in [6, 6.07) is 4.58. The molecule has 1 heterocycles. The summed E-state index contributed by atoms with van der Waals surface area (Å²) in [5, 5.41) is 3.08. The highest BCUT2D eigenvalue weighted by Gasteiger charge is 2.03. The largest absolute Gasteiger partial charge is 0.328 e. The predicted molar refractivity (Wildman–Crippen MR) is 65.7 cm³/mol. The Hall–Kier alpha value is -1.11. The Morgan fingerprint density at radius 1 is 1.47 bits per heavy atom. The lowest BCUT2D eigenvalue weighted by Crippen LogP contribution is -1.95. The van der Waals surface area contributed by atoms with Gasteiger partial charge in [-0.2, -0.15) is 0 Å². The van der Waals surface area contributed by atoms with E-state index in [4.69, 9.17) is 0 Å². The van der Waals surface area contributed by atoms with Gasteiger partial charge < -0.3 is 10.3 Å². The normalized spacial score (nSPS) is 10.3. The van der Waals surface area contributed by atoms with Gasteiger partial charge in [0, 0.05) is 15.5 Å². The van der Waals surface area contributed by atoms with Gasteiger partial charge >= 0.3 is 0 Å². The molecular formula is C10H9FIN3. The van der Waals surface area contributed by atoms with E-state index < -0.39 is 0 Å². The molecule has 0 saturated heterocycles. The number of nitrogens with one attached hydrogen (secondary N) is 2. The molecular weight excluding hydrogens is 308 g/mol. The maximum absolute atomic E-state index is 12.8. The number of H-pyrrole nitrogens is 1. The molecule has 1 aromatic carbocycles. The Kier molecular flexibility index (Phi) is 2.90. The number of aryl methyl sites for hydroxylation is 1. The number of aromatic nitrogens is 2. The molecule has 0 spiro atoms. The number of imidazole rings is 1. The van der Waals surface area contributed by atoms with Crippen LogP contribution in [0, 0.1) is 16.3 Å². The van der Waals surface area contributed by atoms with Crippen LogP contribution in [-0.2, 0) is 0 Å². The molecule has 0 bridgehead atoms. The topological polar surface area (TPSA) is 40.7 Å². The van der Waals surface area contributed by atoms with Gasteiger partial charge in [0.25, 0.3) is 0 Å². The number of hydrogen-bond donors (Lipinski definition) is 2. The van der Waals surface area contributed by atoms with Crippen molar-refractivity contribution in [3.8, 4) is 0 Å². The van der Waals surface area contributed by atoms with Crippen molar-refractivity contribution in [3.63, 3.8) is 0 Å². The zero-order chi connectivity index (χ0) is 10.8. The number of nitrogens with zero attached hydrogens (tertiary/aromatic N) is 1. The number of hydrogen-bond acceptors (Lipinski definition) is 2. The molecule has 0 aliphatic carbocycles. The average Bonchev–Trinajstić information content (AvgIpc) is 2.56. The Morgan fingerprint density at radius 2 is 2.27 bits per heavy atom. The van der Waals surface area contributed by atoms with Crippen molar-refractivity contribution in [2.24, 2.45) is 0 Å². The third kappa shape index (κ3) is 2.47. The quantitative estimate of drug-likeness (QED) is 0.835. The highest BCUT2D eigenvalue weighted by atomic mass is 127. The van der Waals surface area contributed by atoms with Crippen LogP contribution in [-0.4, -0.2) is 9.97 Å². The van der Waals surface area contributed by atoms with Crippen LogP contribution in [0.2, 0.25) is 0 Å². The van der Waals surface area contributed by atoms with Crippen LogP contribution in [0.3, 0.4) is 0 Å². The molecule has 0 amide bonds. The van der Waals surface area contributed by atoms with Crippen LogP contribution in [0.25, 0.3) is 0 Å². The first-order valence-electron chi connectivity index (χ1n) is 4.39. The molecule has 0 aliphatic heterocycles. The van der Waals surface area contributed by atoms with Crippen molar-refractivity contribution in [1.29, 1.82) is 0 Å². The van der Waals surface area contributed by atoms with Crippen LogP contribution in [0.1, 0.15) is 5.69 Å². The Labute approximate surface area is 100 Å². The fourth-order valence-corrected chi connectivity index (χ4v) is 1.81. The number of benzene rings is 1. The second kappa shape index (κ2) is 4.18. The van der Waals surface area contributed by atoms with E-state index >= 15 is 0 Å². The van der Waals surface area contributed by atoms with Crippen molar-refractivity contribution < 1.29 is 4.39 Å². The molecule has 0 aliphatic rings. The zero-order valence-electron chi connectivity index (χ0n) is 8.01. The van der Waals surface area contributed by atoms with Gasteiger partial charge in [-0.05, 0) is 47.7 Å². The fourth-order valence-electron chi connectivity index (χ4n) is 1.19. The van der Waals surface area contributed by atoms with Gasteiger partial charge in [0.15, 0.2) is 0 Å². The lowest BCUT2D eigenvalue weighted by molar-refractivity contribution is 0.627. The SMILES string of the molecule is Cc1cnc(Nc2ccc(F)cc2I)[nH]1. The van der Waals surface area contributed by atoms with E-state index in [1.165, 1.54) is 12.1 Å². The summed E-state index contributed by atoms with van der Waals surface area (Å²) < 4.78 is 13.7. The van der Waals surface area contributed by atoms with Crippen molar-refractivity contribution >= 4 is 34.2 Å². The minimum atomic E-state index is -0.236. The maximum atomic E-state index is 12.8. The van der Waals surface area contributed by atoms with Crippen LogP contribution in [0.15, 0.2) is 24.4 Å². The smallest absolute Gasteiger partial charge is 0.204 e. The molecule has 2 N–H and O–H groups in total. The molecule has 0 fully saturated rings. The van der Waals surface area contributed by atoms with E-state index in [9.17, 15) is 4.39 Å². The van der Waals surface area contributed by atoms with Gasteiger partial charge in [-0.3, -0.25) is 0 Å². The van der Waals surface area contributed by atoms with Gasteiger partial charge in [0.1, 0.15) is 5.82 Å². The summed E-state index contributed by atoms with van der Waals surface area (Å²) >= 11 is 2.08. The summed E-state index contributed by atoms with van der Waals surface area (Å²) in [6.07, 6.45) is 1.73. The van der Waals surface area contributed by atoms with E-state index in [-0.39, 0.29) is 5.82 Å². The Balaban J connectivity index is 2.24. The van der Waals surface area contributed by atoms with E-state index in [1.807, 2.05) is 6.92 Å². The first-order chi connectivity index (χ1) is 7.15. The number of rotatable bonds is 2. The third-order valence-corrected chi connectivity index (χ3v) is 2.78. The average molecular weight is 317 g/mol. The van der Waals surface area contributed by atoms with Gasteiger partial charge in [-0.1, -0.05) is 0 Å². The predicted octanol–water partition coefficient (Wildman–Crippen LogP) is 3.21. The van der Waals surface area contributed by atoms with Crippen molar-refractivity contribution in [1.82, 2.24) is 9.97 Å². The first kappa shape index (κ1) is 10.4. The van der Waals surface area contributed by atoms with E-state index in [0.717, 1.165) is 15.0 Å².